The van der Waals surface area contributed by atoms with Crippen LogP contribution in [0.2, 0.25) is 0 Å². The van der Waals surface area contributed by atoms with E-state index in [1.54, 1.807) is 22.6 Å². The van der Waals surface area contributed by atoms with Crippen molar-refractivity contribution in [2.75, 3.05) is 6.54 Å². The number of aromatic nitrogens is 4. The van der Waals surface area contributed by atoms with E-state index in [1.807, 2.05) is 31.2 Å². The van der Waals surface area contributed by atoms with E-state index in [2.05, 4.69) is 28.6 Å². The summed E-state index contributed by atoms with van der Waals surface area (Å²) in [6.07, 6.45) is 0.922. The molecule has 0 bridgehead atoms. The van der Waals surface area contributed by atoms with E-state index in [0.717, 1.165) is 29.0 Å². The van der Waals surface area contributed by atoms with Crippen molar-refractivity contribution in [3.63, 3.8) is 0 Å². The van der Waals surface area contributed by atoms with Crippen LogP contribution < -0.4 is 5.56 Å². The molecule has 0 N–H and O–H groups in total. The molecule has 0 saturated heterocycles. The van der Waals surface area contributed by atoms with Crippen molar-refractivity contribution in [1.82, 2.24) is 24.2 Å². The monoisotopic (exact) mass is 379 g/mol. The molecule has 4 rings (SSSR count). The fourth-order valence-corrected chi connectivity index (χ4v) is 4.19. The van der Waals surface area contributed by atoms with Crippen LogP contribution in [0.5, 0.6) is 0 Å². The molecule has 0 fully saturated rings. The number of aryl methyl sites for hydroxylation is 2. The van der Waals surface area contributed by atoms with Crippen molar-refractivity contribution in [2.24, 2.45) is 13.0 Å². The molecule has 1 aliphatic heterocycles. The number of amides is 1. The summed E-state index contributed by atoms with van der Waals surface area (Å²) in [5.41, 5.74) is 0.747. The zero-order valence-corrected chi connectivity index (χ0v) is 16.7. The molecule has 1 atom stereocenters. The predicted octanol–water partition coefficient (Wildman–Crippen LogP) is 2.68. The number of nitrogens with zero attached hydrogens (tertiary/aromatic N) is 5. The molecule has 28 heavy (non-hydrogen) atoms. The van der Waals surface area contributed by atoms with Crippen molar-refractivity contribution in [1.29, 1.82) is 0 Å². The van der Waals surface area contributed by atoms with E-state index in [1.165, 1.54) is 0 Å². The maximum Gasteiger partial charge on any atom is 0.263 e. The Morgan fingerprint density at radius 1 is 1.25 bits per heavy atom. The Hall–Kier alpha value is -2.96. The lowest BCUT2D eigenvalue weighted by atomic mass is 10.0. The maximum absolute atomic E-state index is 13.3. The topological polar surface area (TPSA) is 73.0 Å². The second-order valence-corrected chi connectivity index (χ2v) is 7.98. The van der Waals surface area contributed by atoms with Gasteiger partial charge >= 0.3 is 0 Å². The smallest absolute Gasteiger partial charge is 0.263 e. The lowest BCUT2D eigenvalue weighted by Gasteiger charge is -2.35. The van der Waals surface area contributed by atoms with E-state index in [4.69, 9.17) is 0 Å². The molecule has 0 radical (unpaired) electrons. The molecular weight excluding hydrogens is 354 g/mol. The van der Waals surface area contributed by atoms with Gasteiger partial charge in [-0.25, -0.2) is 0 Å². The summed E-state index contributed by atoms with van der Waals surface area (Å²) in [4.78, 5) is 27.9. The van der Waals surface area contributed by atoms with Gasteiger partial charge in [-0.1, -0.05) is 32.0 Å². The van der Waals surface area contributed by atoms with Crippen LogP contribution in [-0.2, 0) is 13.6 Å². The number of pyridine rings is 1. The first kappa shape index (κ1) is 18.4. The van der Waals surface area contributed by atoms with Gasteiger partial charge in [-0.05, 0) is 36.8 Å². The first-order valence-corrected chi connectivity index (χ1v) is 9.65. The van der Waals surface area contributed by atoms with Crippen LogP contribution in [0.25, 0.3) is 10.9 Å². The fraction of sp³-hybridized carbons (Fsp3) is 0.429. The van der Waals surface area contributed by atoms with E-state index in [9.17, 15) is 9.59 Å². The van der Waals surface area contributed by atoms with Gasteiger partial charge in [0.15, 0.2) is 5.82 Å². The first-order chi connectivity index (χ1) is 13.4. The largest absolute Gasteiger partial charge is 0.329 e. The molecule has 7 nitrogen and oxygen atoms in total. The van der Waals surface area contributed by atoms with Gasteiger partial charge in [0.2, 0.25) is 0 Å². The normalized spacial score (nSPS) is 16.6. The number of hydrogen-bond acceptors (Lipinski definition) is 4. The highest BCUT2D eigenvalue weighted by Gasteiger charge is 2.32. The Morgan fingerprint density at radius 3 is 2.75 bits per heavy atom. The third-order valence-corrected chi connectivity index (χ3v) is 5.46. The number of para-hydroxylation sites is 1. The van der Waals surface area contributed by atoms with Crippen molar-refractivity contribution in [3.05, 3.63) is 57.9 Å². The van der Waals surface area contributed by atoms with Gasteiger partial charge in [-0.3, -0.25) is 9.59 Å². The standard InChI is InChI=1S/C21H25N5O2/c1-13(2)9-16-11-25(12-19-23-22-14(3)26(16)19)21(28)17-10-15-7-5-6-8-18(15)24(4)20(17)27/h5-8,10,13,16H,9,11-12H2,1-4H3/t16-/m0/s1. The summed E-state index contributed by atoms with van der Waals surface area (Å²) in [6.45, 7) is 7.20. The summed E-state index contributed by atoms with van der Waals surface area (Å²) in [6, 6.07) is 9.43. The van der Waals surface area contributed by atoms with E-state index >= 15 is 0 Å². The Kier molecular flexibility index (Phi) is 4.53. The Morgan fingerprint density at radius 2 is 2.00 bits per heavy atom. The van der Waals surface area contributed by atoms with Crippen LogP contribution in [0.4, 0.5) is 0 Å². The summed E-state index contributed by atoms with van der Waals surface area (Å²) < 4.78 is 3.69. The molecule has 3 aromatic rings. The van der Waals surface area contributed by atoms with E-state index in [-0.39, 0.29) is 23.1 Å². The maximum atomic E-state index is 13.3. The van der Waals surface area contributed by atoms with E-state index < -0.39 is 0 Å². The minimum absolute atomic E-state index is 0.118. The molecule has 1 aliphatic rings. The molecule has 1 aromatic carbocycles. The molecule has 0 saturated carbocycles. The highest BCUT2D eigenvalue weighted by atomic mass is 16.2. The molecule has 146 valence electrons. The fourth-order valence-electron chi connectivity index (χ4n) is 4.19. The first-order valence-electron chi connectivity index (χ1n) is 9.65. The molecular formula is C21H25N5O2. The SMILES string of the molecule is Cc1nnc2n1[C@@H](CC(C)C)CN(C(=O)c1cc3ccccc3n(C)c1=O)C2. The zero-order chi connectivity index (χ0) is 20.0. The molecule has 3 heterocycles. The highest BCUT2D eigenvalue weighted by Crippen LogP contribution is 2.28. The van der Waals surface area contributed by atoms with E-state index in [0.29, 0.717) is 19.0 Å². The average Bonchev–Trinajstić information content (AvgIpc) is 3.05. The number of rotatable bonds is 3. The van der Waals surface area contributed by atoms with Gasteiger partial charge in [-0.15, -0.1) is 10.2 Å². The van der Waals surface area contributed by atoms with Crippen LogP contribution in [-0.4, -0.2) is 36.7 Å². The summed E-state index contributed by atoms with van der Waals surface area (Å²) in [5.74, 6) is 1.88. The molecule has 0 spiro atoms. The van der Waals surface area contributed by atoms with Crippen molar-refractivity contribution >= 4 is 16.8 Å². The minimum Gasteiger partial charge on any atom is -0.329 e. The number of carbonyl (C=O) groups excluding carboxylic acids is 1. The Balaban J connectivity index is 1.74. The average molecular weight is 379 g/mol. The number of fused-ring (bicyclic) bond motifs is 2. The predicted molar refractivity (Wildman–Crippen MR) is 107 cm³/mol. The van der Waals surface area contributed by atoms with Gasteiger partial charge in [0.05, 0.1) is 18.1 Å². The van der Waals surface area contributed by atoms with Crippen LogP contribution >= 0.6 is 0 Å². The van der Waals surface area contributed by atoms with Gasteiger partial charge in [0, 0.05) is 13.6 Å². The molecule has 7 heteroatoms. The zero-order valence-electron chi connectivity index (χ0n) is 16.7. The quantitative estimate of drug-likeness (QED) is 0.701. The van der Waals surface area contributed by atoms with Crippen LogP contribution in [0.1, 0.15) is 48.3 Å². The third kappa shape index (κ3) is 3.00. The summed E-state index contributed by atoms with van der Waals surface area (Å²) >= 11 is 0. The Bertz CT molecular complexity index is 1110. The van der Waals surface area contributed by atoms with Crippen LogP contribution in [0.3, 0.4) is 0 Å². The molecule has 2 aromatic heterocycles. The number of benzene rings is 1. The van der Waals surface area contributed by atoms with Crippen LogP contribution in [0, 0.1) is 12.8 Å². The van der Waals surface area contributed by atoms with Gasteiger partial charge < -0.3 is 14.0 Å². The van der Waals surface area contributed by atoms with Crippen molar-refractivity contribution in [3.8, 4) is 0 Å². The minimum atomic E-state index is -0.271. The number of carbonyl (C=O) groups is 1. The molecule has 0 aliphatic carbocycles. The second-order valence-electron chi connectivity index (χ2n) is 7.98. The lowest BCUT2D eigenvalue weighted by Crippen LogP contribution is -2.43. The van der Waals surface area contributed by atoms with Crippen LogP contribution in [0.15, 0.2) is 35.1 Å². The molecule has 0 unspecified atom stereocenters. The summed E-state index contributed by atoms with van der Waals surface area (Å²) in [7, 11) is 1.71. The van der Waals surface area contributed by atoms with Gasteiger partial charge in [-0.2, -0.15) is 0 Å². The number of hydrogen-bond donors (Lipinski definition) is 0. The second kappa shape index (κ2) is 6.89. The van der Waals surface area contributed by atoms with Gasteiger partial charge in [0.1, 0.15) is 11.4 Å². The van der Waals surface area contributed by atoms with Crippen molar-refractivity contribution in [2.45, 2.75) is 39.8 Å². The van der Waals surface area contributed by atoms with Gasteiger partial charge in [0.25, 0.3) is 11.5 Å². The lowest BCUT2D eigenvalue weighted by molar-refractivity contribution is 0.0658. The highest BCUT2D eigenvalue weighted by molar-refractivity contribution is 5.97. The third-order valence-electron chi connectivity index (χ3n) is 5.46. The molecule has 1 amide bonds. The van der Waals surface area contributed by atoms with Crippen molar-refractivity contribution < 1.29 is 4.79 Å². The summed E-state index contributed by atoms with van der Waals surface area (Å²) in [5, 5.41) is 9.35. The Labute approximate surface area is 163 Å².